The summed E-state index contributed by atoms with van der Waals surface area (Å²) in [5.74, 6) is 0.0698. The number of rotatable bonds is 8. The van der Waals surface area contributed by atoms with Crippen molar-refractivity contribution >= 4 is 5.91 Å². The van der Waals surface area contributed by atoms with Crippen LogP contribution in [0.5, 0.6) is 0 Å². The van der Waals surface area contributed by atoms with E-state index in [0.717, 1.165) is 12.0 Å². The van der Waals surface area contributed by atoms with Crippen molar-refractivity contribution in [1.29, 1.82) is 0 Å². The van der Waals surface area contributed by atoms with Gasteiger partial charge in [0, 0.05) is 39.2 Å². The number of carbonyl (C=O) groups is 1. The van der Waals surface area contributed by atoms with Crippen molar-refractivity contribution in [2.75, 3.05) is 20.3 Å². The lowest BCUT2D eigenvalue weighted by atomic mass is 10.1. The molecule has 118 valence electrons. The molecule has 2 aromatic rings. The molecule has 0 N–H and O–H groups in total. The molecule has 0 saturated heterocycles. The zero-order chi connectivity index (χ0) is 15.8. The van der Waals surface area contributed by atoms with Gasteiger partial charge in [0.05, 0.1) is 0 Å². The van der Waals surface area contributed by atoms with Crippen LogP contribution in [0.25, 0.3) is 0 Å². The van der Waals surface area contributed by atoms with Crippen LogP contribution in [0.2, 0.25) is 0 Å². The van der Waals surface area contributed by atoms with Crippen molar-refractivity contribution in [3.8, 4) is 0 Å². The molecule has 0 saturated carbocycles. The second kappa shape index (κ2) is 8.34. The highest BCUT2D eigenvalue weighted by atomic mass is 16.5. The Hall–Kier alpha value is -2.14. The molecule has 0 spiro atoms. The zero-order valence-electron chi connectivity index (χ0n) is 13.2. The highest BCUT2D eigenvalue weighted by Gasteiger charge is 2.14. The zero-order valence-corrected chi connectivity index (χ0v) is 13.2. The van der Waals surface area contributed by atoms with Crippen LogP contribution in [0.4, 0.5) is 0 Å². The number of aromatic nitrogens is 2. The number of benzene rings is 1. The Kier molecular flexibility index (Phi) is 6.15. The number of nitrogens with zero attached hydrogens (tertiary/aromatic N) is 3. The maximum atomic E-state index is 12.5. The van der Waals surface area contributed by atoms with Crippen molar-refractivity contribution in [2.24, 2.45) is 0 Å². The van der Waals surface area contributed by atoms with Crippen molar-refractivity contribution in [3.05, 3.63) is 53.9 Å². The van der Waals surface area contributed by atoms with E-state index in [1.54, 1.807) is 24.2 Å². The third-order valence-corrected chi connectivity index (χ3v) is 3.48. The van der Waals surface area contributed by atoms with Crippen molar-refractivity contribution < 1.29 is 9.53 Å². The summed E-state index contributed by atoms with van der Waals surface area (Å²) in [5, 5.41) is 4.10. The van der Waals surface area contributed by atoms with E-state index in [0.29, 0.717) is 19.7 Å². The van der Waals surface area contributed by atoms with Gasteiger partial charge in [-0.2, -0.15) is 5.10 Å². The second-order valence-corrected chi connectivity index (χ2v) is 5.35. The predicted molar refractivity (Wildman–Crippen MR) is 85.3 cm³/mol. The molecule has 0 atom stereocenters. The third kappa shape index (κ3) is 5.00. The molecule has 0 radical (unpaired) electrons. The van der Waals surface area contributed by atoms with E-state index < -0.39 is 0 Å². The fourth-order valence-electron chi connectivity index (χ4n) is 2.24. The van der Waals surface area contributed by atoms with E-state index in [1.807, 2.05) is 11.0 Å². The number of methoxy groups -OCH3 is 1. The van der Waals surface area contributed by atoms with E-state index in [1.165, 1.54) is 5.56 Å². The molecule has 1 amide bonds. The molecule has 1 aromatic carbocycles. The molecule has 0 aliphatic rings. The summed E-state index contributed by atoms with van der Waals surface area (Å²) in [6.07, 6.45) is 4.31. The second-order valence-electron chi connectivity index (χ2n) is 5.35. The van der Waals surface area contributed by atoms with Gasteiger partial charge in [-0.25, -0.2) is 0 Å². The standard InChI is InChI=1S/C17H23N3O2/c1-15-5-7-16(8-6-15)13-19(10-4-12-22-2)17(21)14-20-11-3-9-18-20/h3,5-9,11H,4,10,12-14H2,1-2H3. The summed E-state index contributed by atoms with van der Waals surface area (Å²) < 4.78 is 6.74. The van der Waals surface area contributed by atoms with Gasteiger partial charge < -0.3 is 9.64 Å². The maximum Gasteiger partial charge on any atom is 0.244 e. The van der Waals surface area contributed by atoms with Crippen LogP contribution in [0.15, 0.2) is 42.7 Å². The molecule has 0 bridgehead atoms. The van der Waals surface area contributed by atoms with Crippen LogP contribution < -0.4 is 0 Å². The number of aryl methyl sites for hydroxylation is 1. The summed E-state index contributed by atoms with van der Waals surface area (Å²) in [7, 11) is 1.68. The topological polar surface area (TPSA) is 47.4 Å². The summed E-state index contributed by atoms with van der Waals surface area (Å²) in [6, 6.07) is 10.1. The Balaban J connectivity index is 2.00. The van der Waals surface area contributed by atoms with Crippen LogP contribution in [0, 0.1) is 6.92 Å². The van der Waals surface area contributed by atoms with Gasteiger partial charge in [0.15, 0.2) is 0 Å². The van der Waals surface area contributed by atoms with Gasteiger partial charge in [0.2, 0.25) is 5.91 Å². The number of ether oxygens (including phenoxy) is 1. The molecular formula is C17H23N3O2. The lowest BCUT2D eigenvalue weighted by Gasteiger charge is -2.23. The molecule has 1 heterocycles. The lowest BCUT2D eigenvalue weighted by Crippen LogP contribution is -2.34. The largest absolute Gasteiger partial charge is 0.385 e. The van der Waals surface area contributed by atoms with Gasteiger partial charge in [-0.05, 0) is 25.0 Å². The lowest BCUT2D eigenvalue weighted by molar-refractivity contribution is -0.132. The third-order valence-electron chi connectivity index (χ3n) is 3.48. The Bertz CT molecular complexity index is 564. The predicted octanol–water partition coefficient (Wildman–Crippen LogP) is 2.26. The monoisotopic (exact) mass is 301 g/mol. The molecule has 5 nitrogen and oxygen atoms in total. The SMILES string of the molecule is COCCCN(Cc1ccc(C)cc1)C(=O)Cn1cccn1. The van der Waals surface area contributed by atoms with Crippen molar-refractivity contribution in [1.82, 2.24) is 14.7 Å². The number of hydrogen-bond donors (Lipinski definition) is 0. The maximum absolute atomic E-state index is 12.5. The molecule has 0 aliphatic heterocycles. The van der Waals surface area contributed by atoms with Crippen LogP contribution >= 0.6 is 0 Å². The first-order valence-corrected chi connectivity index (χ1v) is 7.48. The molecule has 0 unspecified atom stereocenters. The summed E-state index contributed by atoms with van der Waals surface area (Å²) in [5.41, 5.74) is 2.36. The molecule has 0 fully saturated rings. The van der Waals surface area contributed by atoms with Crippen LogP contribution in [0.1, 0.15) is 17.5 Å². The van der Waals surface area contributed by atoms with Crippen LogP contribution in [-0.2, 0) is 22.6 Å². The summed E-state index contributed by atoms with van der Waals surface area (Å²) in [6.45, 7) is 4.28. The highest BCUT2D eigenvalue weighted by Crippen LogP contribution is 2.08. The van der Waals surface area contributed by atoms with Gasteiger partial charge in [-0.15, -0.1) is 0 Å². The highest BCUT2D eigenvalue weighted by molar-refractivity contribution is 5.75. The van der Waals surface area contributed by atoms with E-state index >= 15 is 0 Å². The van der Waals surface area contributed by atoms with E-state index in [9.17, 15) is 4.79 Å². The average molecular weight is 301 g/mol. The minimum atomic E-state index is 0.0698. The minimum absolute atomic E-state index is 0.0698. The minimum Gasteiger partial charge on any atom is -0.385 e. The normalized spacial score (nSPS) is 10.6. The van der Waals surface area contributed by atoms with Crippen LogP contribution in [0.3, 0.4) is 0 Å². The van der Waals surface area contributed by atoms with E-state index in [-0.39, 0.29) is 12.5 Å². The number of amides is 1. The van der Waals surface area contributed by atoms with Crippen molar-refractivity contribution in [3.63, 3.8) is 0 Å². The molecular weight excluding hydrogens is 278 g/mol. The van der Waals surface area contributed by atoms with Gasteiger partial charge in [0.1, 0.15) is 6.54 Å². The fourth-order valence-corrected chi connectivity index (χ4v) is 2.24. The van der Waals surface area contributed by atoms with Crippen molar-refractivity contribution in [2.45, 2.75) is 26.4 Å². The summed E-state index contributed by atoms with van der Waals surface area (Å²) >= 11 is 0. The Morgan fingerprint density at radius 3 is 2.73 bits per heavy atom. The van der Waals surface area contributed by atoms with Gasteiger partial charge in [-0.3, -0.25) is 9.48 Å². The number of carbonyl (C=O) groups excluding carboxylic acids is 1. The fraction of sp³-hybridized carbons (Fsp3) is 0.412. The molecule has 22 heavy (non-hydrogen) atoms. The van der Waals surface area contributed by atoms with Gasteiger partial charge >= 0.3 is 0 Å². The quantitative estimate of drug-likeness (QED) is 0.703. The van der Waals surface area contributed by atoms with E-state index in [2.05, 4.69) is 36.3 Å². The first-order chi connectivity index (χ1) is 10.7. The number of hydrogen-bond acceptors (Lipinski definition) is 3. The van der Waals surface area contributed by atoms with Crippen LogP contribution in [-0.4, -0.2) is 40.8 Å². The summed E-state index contributed by atoms with van der Waals surface area (Å²) in [4.78, 5) is 14.4. The Morgan fingerprint density at radius 2 is 2.09 bits per heavy atom. The van der Waals surface area contributed by atoms with Gasteiger partial charge in [-0.1, -0.05) is 29.8 Å². The smallest absolute Gasteiger partial charge is 0.244 e. The Labute approximate surface area is 131 Å². The molecule has 1 aromatic heterocycles. The van der Waals surface area contributed by atoms with E-state index in [4.69, 9.17) is 4.74 Å². The first kappa shape index (κ1) is 16.2. The van der Waals surface area contributed by atoms with Gasteiger partial charge in [0.25, 0.3) is 0 Å². The first-order valence-electron chi connectivity index (χ1n) is 7.48. The molecule has 2 rings (SSSR count). The molecule has 5 heteroatoms. The Morgan fingerprint density at radius 1 is 1.32 bits per heavy atom. The average Bonchev–Trinajstić information content (AvgIpc) is 3.01. The molecule has 0 aliphatic carbocycles.